The van der Waals surface area contributed by atoms with Gasteiger partial charge in [-0.3, -0.25) is 0 Å². The molecule has 0 aliphatic heterocycles. The van der Waals surface area contributed by atoms with Gasteiger partial charge in [-0.05, 0) is 36.0 Å². The Labute approximate surface area is 128 Å². The minimum Gasteiger partial charge on any atom is -0.385 e. The molecule has 0 aromatic carbocycles. The lowest BCUT2D eigenvalue weighted by Gasteiger charge is -2.26. The van der Waals surface area contributed by atoms with Crippen LogP contribution in [-0.2, 0) is 4.74 Å². The van der Waals surface area contributed by atoms with Gasteiger partial charge in [0.15, 0.2) is 0 Å². The first-order valence-corrected chi connectivity index (χ1v) is 8.63. The molecule has 0 unspecified atom stereocenters. The summed E-state index contributed by atoms with van der Waals surface area (Å²) in [7, 11) is 1.82. The van der Waals surface area contributed by atoms with Crippen LogP contribution in [0.25, 0.3) is 0 Å². The van der Waals surface area contributed by atoms with Crippen LogP contribution in [0.3, 0.4) is 0 Å². The molecule has 0 saturated heterocycles. The van der Waals surface area contributed by atoms with E-state index in [0.29, 0.717) is 10.8 Å². The lowest BCUT2D eigenvalue weighted by molar-refractivity contribution is 0.157. The highest BCUT2D eigenvalue weighted by molar-refractivity contribution is 4.70. The van der Waals surface area contributed by atoms with Crippen LogP contribution in [0.2, 0.25) is 0 Å². The highest BCUT2D eigenvalue weighted by Gasteiger charge is 2.18. The van der Waals surface area contributed by atoms with Gasteiger partial charge in [-0.15, -0.1) is 0 Å². The van der Waals surface area contributed by atoms with Gasteiger partial charge in [-0.2, -0.15) is 0 Å². The molecule has 0 rings (SSSR count). The zero-order valence-corrected chi connectivity index (χ0v) is 15.3. The third kappa shape index (κ3) is 14.4. The third-order valence-corrected chi connectivity index (χ3v) is 3.92. The van der Waals surface area contributed by atoms with Crippen LogP contribution >= 0.6 is 0 Å². The van der Waals surface area contributed by atoms with Crippen molar-refractivity contribution < 1.29 is 4.74 Å². The van der Waals surface area contributed by atoms with E-state index in [1.807, 2.05) is 7.11 Å². The fourth-order valence-corrected chi connectivity index (χ4v) is 2.94. The van der Waals surface area contributed by atoms with Gasteiger partial charge in [0.2, 0.25) is 0 Å². The summed E-state index contributed by atoms with van der Waals surface area (Å²) >= 11 is 0. The van der Waals surface area contributed by atoms with Crippen LogP contribution in [-0.4, -0.2) is 13.7 Å². The zero-order valence-electron chi connectivity index (χ0n) is 15.3. The fraction of sp³-hybridized carbons (Fsp3) is 1.00. The van der Waals surface area contributed by atoms with Crippen molar-refractivity contribution in [1.82, 2.24) is 0 Å². The van der Waals surface area contributed by atoms with Gasteiger partial charge in [0.1, 0.15) is 0 Å². The maximum atomic E-state index is 5.27. The Hall–Kier alpha value is -0.0400. The number of methoxy groups -OCH3 is 1. The smallest absolute Gasteiger partial charge is 0.0464 e. The summed E-state index contributed by atoms with van der Waals surface area (Å²) in [5.41, 5.74) is 0.956. The van der Waals surface area contributed by atoms with Crippen LogP contribution in [0.1, 0.15) is 92.9 Å². The zero-order chi connectivity index (χ0) is 15.6. The Morgan fingerprint density at radius 2 is 1.35 bits per heavy atom. The number of hydrogen-bond donors (Lipinski definition) is 0. The SMILES string of the molecule is COCC[C@H](CCCCCCC(C)(C)C)CC(C)(C)C. The summed E-state index contributed by atoms with van der Waals surface area (Å²) in [6.45, 7) is 15.0. The van der Waals surface area contributed by atoms with Crippen LogP contribution in [0.5, 0.6) is 0 Å². The molecule has 20 heavy (non-hydrogen) atoms. The monoisotopic (exact) mass is 284 g/mol. The molecule has 1 atom stereocenters. The topological polar surface area (TPSA) is 9.23 Å². The molecule has 0 aromatic rings. The van der Waals surface area contributed by atoms with Crippen molar-refractivity contribution in [2.24, 2.45) is 16.7 Å². The van der Waals surface area contributed by atoms with Gasteiger partial charge in [-0.25, -0.2) is 0 Å². The minimum absolute atomic E-state index is 0.449. The van der Waals surface area contributed by atoms with Crippen molar-refractivity contribution in [1.29, 1.82) is 0 Å². The number of unbranched alkanes of at least 4 members (excludes halogenated alkanes) is 3. The largest absolute Gasteiger partial charge is 0.385 e. The van der Waals surface area contributed by atoms with E-state index in [1.54, 1.807) is 0 Å². The molecule has 0 saturated carbocycles. The van der Waals surface area contributed by atoms with Gasteiger partial charge in [0.05, 0.1) is 0 Å². The molecule has 0 heterocycles. The molecule has 0 aromatic heterocycles. The molecule has 0 spiro atoms. The van der Waals surface area contributed by atoms with Gasteiger partial charge in [-0.1, -0.05) is 73.6 Å². The van der Waals surface area contributed by atoms with E-state index in [1.165, 1.54) is 51.4 Å². The molecule has 0 bridgehead atoms. The normalized spacial score (nSPS) is 14.6. The summed E-state index contributed by atoms with van der Waals surface area (Å²) in [5.74, 6) is 0.845. The summed E-state index contributed by atoms with van der Waals surface area (Å²) < 4.78 is 5.27. The molecule has 0 N–H and O–H groups in total. The summed E-state index contributed by atoms with van der Waals surface area (Å²) in [4.78, 5) is 0. The van der Waals surface area contributed by atoms with Crippen molar-refractivity contribution in [2.75, 3.05) is 13.7 Å². The first-order chi connectivity index (χ1) is 9.14. The van der Waals surface area contributed by atoms with E-state index >= 15 is 0 Å². The molecule has 0 aliphatic carbocycles. The summed E-state index contributed by atoms with van der Waals surface area (Å²) in [6, 6.07) is 0. The molecule has 122 valence electrons. The summed E-state index contributed by atoms with van der Waals surface area (Å²) in [5, 5.41) is 0. The average Bonchev–Trinajstić information content (AvgIpc) is 2.27. The quantitative estimate of drug-likeness (QED) is 0.418. The van der Waals surface area contributed by atoms with E-state index < -0.39 is 0 Å². The standard InChI is InChI=1S/C19H40O/c1-18(2,3)14-11-9-8-10-12-17(13-15-20-7)16-19(4,5)6/h17H,8-16H2,1-7H3/t17-/m0/s1. The van der Waals surface area contributed by atoms with Gasteiger partial charge in [0, 0.05) is 13.7 Å². The fourth-order valence-electron chi connectivity index (χ4n) is 2.94. The number of ether oxygens (including phenoxy) is 1. The van der Waals surface area contributed by atoms with Crippen molar-refractivity contribution >= 4 is 0 Å². The van der Waals surface area contributed by atoms with E-state index in [2.05, 4.69) is 41.5 Å². The van der Waals surface area contributed by atoms with Crippen LogP contribution < -0.4 is 0 Å². The molecule has 0 radical (unpaired) electrons. The van der Waals surface area contributed by atoms with E-state index in [4.69, 9.17) is 4.74 Å². The first kappa shape index (κ1) is 20.0. The van der Waals surface area contributed by atoms with Crippen LogP contribution in [0, 0.1) is 16.7 Å². The van der Waals surface area contributed by atoms with E-state index in [0.717, 1.165) is 12.5 Å². The van der Waals surface area contributed by atoms with Crippen molar-refractivity contribution in [3.05, 3.63) is 0 Å². The van der Waals surface area contributed by atoms with Crippen molar-refractivity contribution in [3.8, 4) is 0 Å². The Bertz CT molecular complexity index is 219. The first-order valence-electron chi connectivity index (χ1n) is 8.63. The predicted molar refractivity (Wildman–Crippen MR) is 91.2 cm³/mol. The average molecular weight is 285 g/mol. The predicted octanol–water partition coefficient (Wildman–Crippen LogP) is 6.46. The Morgan fingerprint density at radius 1 is 0.750 bits per heavy atom. The molecule has 0 aliphatic rings. The lowest BCUT2D eigenvalue weighted by atomic mass is 9.81. The van der Waals surface area contributed by atoms with Crippen LogP contribution in [0.15, 0.2) is 0 Å². The second-order valence-corrected chi connectivity index (χ2v) is 8.93. The molecular formula is C19H40O. The van der Waals surface area contributed by atoms with Gasteiger partial charge >= 0.3 is 0 Å². The van der Waals surface area contributed by atoms with Crippen molar-refractivity contribution in [3.63, 3.8) is 0 Å². The maximum absolute atomic E-state index is 5.27. The highest BCUT2D eigenvalue weighted by atomic mass is 16.5. The second-order valence-electron chi connectivity index (χ2n) is 8.93. The van der Waals surface area contributed by atoms with E-state index in [9.17, 15) is 0 Å². The molecular weight excluding hydrogens is 244 g/mol. The molecule has 1 heteroatoms. The van der Waals surface area contributed by atoms with Gasteiger partial charge in [0.25, 0.3) is 0 Å². The Kier molecular flexibility index (Phi) is 9.80. The molecule has 0 fully saturated rings. The van der Waals surface area contributed by atoms with E-state index in [-0.39, 0.29) is 0 Å². The Balaban J connectivity index is 3.79. The molecule has 0 amide bonds. The Morgan fingerprint density at radius 3 is 1.85 bits per heavy atom. The summed E-state index contributed by atoms with van der Waals surface area (Å²) in [6.07, 6.45) is 10.9. The number of rotatable bonds is 10. The third-order valence-electron chi connectivity index (χ3n) is 3.92. The number of hydrogen-bond acceptors (Lipinski definition) is 1. The minimum atomic E-state index is 0.449. The lowest BCUT2D eigenvalue weighted by Crippen LogP contribution is -2.15. The van der Waals surface area contributed by atoms with Crippen LogP contribution in [0.4, 0.5) is 0 Å². The highest BCUT2D eigenvalue weighted by Crippen LogP contribution is 2.30. The van der Waals surface area contributed by atoms with Gasteiger partial charge < -0.3 is 4.74 Å². The maximum Gasteiger partial charge on any atom is 0.0464 e. The van der Waals surface area contributed by atoms with Crippen molar-refractivity contribution in [2.45, 2.75) is 92.9 Å². The second kappa shape index (κ2) is 9.82. The molecule has 1 nitrogen and oxygen atoms in total.